The molecule has 0 aromatic heterocycles. The third-order valence-corrected chi connectivity index (χ3v) is 4.21. The number of primary amides is 1. The van der Waals surface area contributed by atoms with Crippen molar-refractivity contribution in [3.05, 3.63) is 34.1 Å². The van der Waals surface area contributed by atoms with Crippen molar-refractivity contribution in [3.63, 3.8) is 0 Å². The molecule has 0 saturated carbocycles. The van der Waals surface area contributed by atoms with Crippen LogP contribution in [0.5, 0.6) is 0 Å². The third-order valence-electron chi connectivity index (χ3n) is 3.52. The maximum atomic E-state index is 13.1. The highest BCUT2D eigenvalue weighted by atomic mass is 79.9. The van der Waals surface area contributed by atoms with Gasteiger partial charge in [0.05, 0.1) is 0 Å². The summed E-state index contributed by atoms with van der Waals surface area (Å²) in [7, 11) is 0. The van der Waals surface area contributed by atoms with Gasteiger partial charge < -0.3 is 11.1 Å². The molecule has 1 fully saturated rings. The summed E-state index contributed by atoms with van der Waals surface area (Å²) in [6, 6.07) is 4.27. The number of nitrogens with two attached hydrogens (primary N) is 1. The zero-order valence-electron chi connectivity index (χ0n) is 10.7. The van der Waals surface area contributed by atoms with Gasteiger partial charge >= 0.3 is 0 Å². The summed E-state index contributed by atoms with van der Waals surface area (Å²) in [5.74, 6) is -0.619. The number of nitrogens with one attached hydrogen (secondary N) is 1. The third kappa shape index (κ3) is 3.13. The first kappa shape index (κ1) is 14.4. The first-order chi connectivity index (χ1) is 9.00. The van der Waals surface area contributed by atoms with Crippen molar-refractivity contribution in [2.45, 2.75) is 19.0 Å². The standard InChI is InChI=1S/C13H17BrFN3O/c1-8(10-3-2-9(15)6-11(10)14)18-5-4-17-7-12(18)13(16)19/h2-3,6,8,12,17H,4-5,7H2,1H3,(H2,16,19). The number of halogens is 2. The Kier molecular flexibility index (Phi) is 4.54. The van der Waals surface area contributed by atoms with Gasteiger partial charge in [0.1, 0.15) is 11.9 Å². The second kappa shape index (κ2) is 5.98. The molecule has 0 aliphatic carbocycles. The minimum absolute atomic E-state index is 0.00502. The van der Waals surface area contributed by atoms with Gasteiger partial charge in [-0.2, -0.15) is 0 Å². The van der Waals surface area contributed by atoms with Crippen molar-refractivity contribution in [1.29, 1.82) is 0 Å². The molecule has 0 bridgehead atoms. The Morgan fingerprint density at radius 3 is 3.00 bits per heavy atom. The minimum Gasteiger partial charge on any atom is -0.368 e. The first-order valence-electron chi connectivity index (χ1n) is 6.21. The number of piperazine rings is 1. The zero-order chi connectivity index (χ0) is 14.0. The average molecular weight is 330 g/mol. The highest BCUT2D eigenvalue weighted by Crippen LogP contribution is 2.29. The van der Waals surface area contributed by atoms with E-state index < -0.39 is 0 Å². The maximum absolute atomic E-state index is 13.1. The van der Waals surface area contributed by atoms with Gasteiger partial charge in [0, 0.05) is 30.1 Å². The van der Waals surface area contributed by atoms with E-state index in [4.69, 9.17) is 5.73 Å². The summed E-state index contributed by atoms with van der Waals surface area (Å²) < 4.78 is 13.8. The van der Waals surface area contributed by atoms with E-state index in [1.54, 1.807) is 6.07 Å². The Morgan fingerprint density at radius 1 is 1.63 bits per heavy atom. The van der Waals surface area contributed by atoms with Crippen molar-refractivity contribution in [1.82, 2.24) is 10.2 Å². The van der Waals surface area contributed by atoms with Crippen LogP contribution < -0.4 is 11.1 Å². The molecule has 0 spiro atoms. The fourth-order valence-corrected chi connectivity index (χ4v) is 3.15. The number of hydrogen-bond donors (Lipinski definition) is 2. The van der Waals surface area contributed by atoms with Crippen molar-refractivity contribution in [2.24, 2.45) is 5.73 Å². The van der Waals surface area contributed by atoms with Crippen LogP contribution in [-0.4, -0.2) is 36.5 Å². The van der Waals surface area contributed by atoms with Gasteiger partial charge in [-0.25, -0.2) is 4.39 Å². The molecule has 0 radical (unpaired) electrons. The summed E-state index contributed by atoms with van der Waals surface area (Å²) in [6.07, 6.45) is 0. The van der Waals surface area contributed by atoms with Gasteiger partial charge in [0.25, 0.3) is 0 Å². The predicted octanol–water partition coefficient (Wildman–Crippen LogP) is 1.41. The van der Waals surface area contributed by atoms with Crippen LogP contribution in [0.15, 0.2) is 22.7 Å². The zero-order valence-corrected chi connectivity index (χ0v) is 12.3. The molecule has 6 heteroatoms. The van der Waals surface area contributed by atoms with Crippen LogP contribution in [0.2, 0.25) is 0 Å². The van der Waals surface area contributed by atoms with Crippen molar-refractivity contribution < 1.29 is 9.18 Å². The molecule has 1 aromatic rings. The van der Waals surface area contributed by atoms with Crippen molar-refractivity contribution in [2.75, 3.05) is 19.6 Å². The Morgan fingerprint density at radius 2 is 2.37 bits per heavy atom. The molecule has 19 heavy (non-hydrogen) atoms. The molecule has 1 aromatic carbocycles. The van der Waals surface area contributed by atoms with Crippen LogP contribution >= 0.6 is 15.9 Å². The van der Waals surface area contributed by atoms with E-state index in [9.17, 15) is 9.18 Å². The van der Waals surface area contributed by atoms with E-state index in [1.165, 1.54) is 12.1 Å². The number of carbonyl (C=O) groups is 1. The Balaban J connectivity index is 2.25. The van der Waals surface area contributed by atoms with E-state index in [0.717, 1.165) is 18.7 Å². The molecule has 1 saturated heterocycles. The van der Waals surface area contributed by atoms with Gasteiger partial charge in [-0.3, -0.25) is 9.69 Å². The molecular formula is C13H17BrFN3O. The molecule has 1 heterocycles. The van der Waals surface area contributed by atoms with Crippen molar-refractivity contribution in [3.8, 4) is 0 Å². The largest absolute Gasteiger partial charge is 0.368 e. The van der Waals surface area contributed by atoms with E-state index in [0.29, 0.717) is 11.0 Å². The normalized spacial score (nSPS) is 22.2. The van der Waals surface area contributed by atoms with E-state index >= 15 is 0 Å². The molecule has 2 unspecified atom stereocenters. The maximum Gasteiger partial charge on any atom is 0.236 e. The predicted molar refractivity (Wildman–Crippen MR) is 75.1 cm³/mol. The average Bonchev–Trinajstić information content (AvgIpc) is 2.38. The lowest BCUT2D eigenvalue weighted by Gasteiger charge is -2.38. The summed E-state index contributed by atoms with van der Waals surface area (Å²) >= 11 is 3.37. The second-order valence-corrected chi connectivity index (χ2v) is 5.56. The number of amides is 1. The second-order valence-electron chi connectivity index (χ2n) is 4.70. The molecule has 3 N–H and O–H groups in total. The Labute approximate surface area is 120 Å². The number of carbonyl (C=O) groups excluding carboxylic acids is 1. The molecule has 4 nitrogen and oxygen atoms in total. The molecule has 2 rings (SSSR count). The first-order valence-corrected chi connectivity index (χ1v) is 7.00. The molecule has 104 valence electrons. The summed E-state index contributed by atoms with van der Waals surface area (Å²) in [5.41, 5.74) is 6.40. The van der Waals surface area contributed by atoms with Crippen molar-refractivity contribution >= 4 is 21.8 Å². The number of hydrogen-bond acceptors (Lipinski definition) is 3. The molecule has 2 atom stereocenters. The Hall–Kier alpha value is -0.980. The lowest BCUT2D eigenvalue weighted by atomic mass is 10.0. The SMILES string of the molecule is CC(c1ccc(F)cc1Br)N1CCNCC1C(N)=O. The topological polar surface area (TPSA) is 58.4 Å². The molecular weight excluding hydrogens is 313 g/mol. The highest BCUT2D eigenvalue weighted by molar-refractivity contribution is 9.10. The van der Waals surface area contributed by atoms with Crippen LogP contribution in [0, 0.1) is 5.82 Å². The van der Waals surface area contributed by atoms with Gasteiger partial charge in [-0.05, 0) is 24.6 Å². The van der Waals surface area contributed by atoms with E-state index in [-0.39, 0.29) is 23.8 Å². The minimum atomic E-state index is -0.336. The highest BCUT2D eigenvalue weighted by Gasteiger charge is 2.31. The lowest BCUT2D eigenvalue weighted by molar-refractivity contribution is -0.124. The summed E-state index contributed by atoms with van der Waals surface area (Å²) in [4.78, 5) is 13.6. The van der Waals surface area contributed by atoms with Crippen LogP contribution in [-0.2, 0) is 4.79 Å². The Bertz CT molecular complexity index is 483. The molecule has 1 aliphatic rings. The van der Waals surface area contributed by atoms with Crippen LogP contribution in [0.25, 0.3) is 0 Å². The van der Waals surface area contributed by atoms with Gasteiger partial charge in [-0.1, -0.05) is 22.0 Å². The number of rotatable bonds is 3. The number of nitrogens with zero attached hydrogens (tertiary/aromatic N) is 1. The van der Waals surface area contributed by atoms with Gasteiger partial charge in [0.15, 0.2) is 0 Å². The van der Waals surface area contributed by atoms with Crippen LogP contribution in [0.1, 0.15) is 18.5 Å². The number of benzene rings is 1. The fraction of sp³-hybridized carbons (Fsp3) is 0.462. The summed E-state index contributed by atoms with van der Waals surface area (Å²) in [5, 5.41) is 3.16. The van der Waals surface area contributed by atoms with Crippen LogP contribution in [0.4, 0.5) is 4.39 Å². The quantitative estimate of drug-likeness (QED) is 0.881. The van der Waals surface area contributed by atoms with Crippen LogP contribution in [0.3, 0.4) is 0 Å². The van der Waals surface area contributed by atoms with Gasteiger partial charge in [-0.15, -0.1) is 0 Å². The van der Waals surface area contributed by atoms with E-state index in [1.807, 2.05) is 6.92 Å². The fourth-order valence-electron chi connectivity index (χ4n) is 2.47. The smallest absolute Gasteiger partial charge is 0.236 e. The van der Waals surface area contributed by atoms with Gasteiger partial charge in [0.2, 0.25) is 5.91 Å². The summed E-state index contributed by atoms with van der Waals surface area (Å²) in [6.45, 7) is 4.10. The molecule has 1 amide bonds. The molecule has 1 aliphatic heterocycles. The monoisotopic (exact) mass is 329 g/mol. The lowest BCUT2D eigenvalue weighted by Crippen LogP contribution is -2.57. The van der Waals surface area contributed by atoms with E-state index in [2.05, 4.69) is 26.1 Å².